The predicted octanol–water partition coefficient (Wildman–Crippen LogP) is 3.49. The van der Waals surface area contributed by atoms with Crippen molar-refractivity contribution < 1.29 is 4.79 Å². The number of hydrogen-bond donors (Lipinski definition) is 0. The Bertz CT molecular complexity index is 497. The molecular weight excluding hydrogens is 274 g/mol. The van der Waals surface area contributed by atoms with Gasteiger partial charge < -0.3 is 4.90 Å². The average molecular weight is 305 g/mol. The lowest BCUT2D eigenvalue weighted by Crippen LogP contribution is -2.32. The molecule has 4 heteroatoms. The van der Waals surface area contributed by atoms with Crippen LogP contribution >= 0.6 is 0 Å². The maximum atomic E-state index is 12.4. The van der Waals surface area contributed by atoms with Crippen LogP contribution in [0.2, 0.25) is 0 Å². The normalized spacial score (nSPS) is 16.1. The van der Waals surface area contributed by atoms with Crippen molar-refractivity contribution in [3.05, 3.63) is 17.0 Å². The maximum Gasteiger partial charge on any atom is 0.222 e. The third-order valence-corrected chi connectivity index (χ3v) is 4.62. The number of nitrogens with zero attached hydrogens (tertiary/aromatic N) is 3. The Hall–Kier alpha value is -1.32. The molecule has 4 nitrogen and oxygen atoms in total. The van der Waals surface area contributed by atoms with Gasteiger partial charge in [0.15, 0.2) is 0 Å². The van der Waals surface area contributed by atoms with Crippen LogP contribution < -0.4 is 0 Å². The summed E-state index contributed by atoms with van der Waals surface area (Å²) in [4.78, 5) is 14.5. The van der Waals surface area contributed by atoms with Gasteiger partial charge in [0.2, 0.25) is 5.91 Å². The third-order valence-electron chi connectivity index (χ3n) is 4.62. The number of aryl methyl sites for hydroxylation is 1. The van der Waals surface area contributed by atoms with Crippen LogP contribution in [0.3, 0.4) is 0 Å². The summed E-state index contributed by atoms with van der Waals surface area (Å²) < 4.78 is 2.10. The molecule has 0 spiro atoms. The minimum absolute atomic E-state index is 0.317. The van der Waals surface area contributed by atoms with Crippen LogP contribution in [0.25, 0.3) is 0 Å². The standard InChI is InChI=1S/C18H31N3O/c1-14(2)13-21-16(4)17(15(3)19-21)9-10-18(22)20-11-7-5-6-8-12-20/h14H,5-13H2,1-4H3. The molecule has 1 fully saturated rings. The molecule has 124 valence electrons. The Kier molecular flexibility index (Phi) is 6.04. The van der Waals surface area contributed by atoms with Gasteiger partial charge in [-0.25, -0.2) is 0 Å². The largest absolute Gasteiger partial charge is 0.343 e. The Morgan fingerprint density at radius 3 is 2.36 bits per heavy atom. The molecule has 1 saturated heterocycles. The summed E-state index contributed by atoms with van der Waals surface area (Å²) in [7, 11) is 0. The highest BCUT2D eigenvalue weighted by molar-refractivity contribution is 5.76. The minimum atomic E-state index is 0.317. The van der Waals surface area contributed by atoms with E-state index in [4.69, 9.17) is 0 Å². The summed E-state index contributed by atoms with van der Waals surface area (Å²) in [5.74, 6) is 0.905. The lowest BCUT2D eigenvalue weighted by molar-refractivity contribution is -0.131. The molecule has 22 heavy (non-hydrogen) atoms. The molecule has 1 aromatic heterocycles. The average Bonchev–Trinajstić information content (AvgIpc) is 2.67. The first kappa shape index (κ1) is 17.0. The van der Waals surface area contributed by atoms with Crippen molar-refractivity contribution in [1.82, 2.24) is 14.7 Å². The van der Waals surface area contributed by atoms with Gasteiger partial charge in [-0.15, -0.1) is 0 Å². The van der Waals surface area contributed by atoms with Gasteiger partial charge in [0.1, 0.15) is 0 Å². The van der Waals surface area contributed by atoms with Crippen LogP contribution in [-0.4, -0.2) is 33.7 Å². The molecule has 0 unspecified atom stereocenters. The summed E-state index contributed by atoms with van der Waals surface area (Å²) in [5, 5.41) is 4.65. The first-order valence-corrected chi connectivity index (χ1v) is 8.79. The second-order valence-corrected chi connectivity index (χ2v) is 7.02. The maximum absolute atomic E-state index is 12.4. The summed E-state index contributed by atoms with van der Waals surface area (Å²) in [6.07, 6.45) is 6.31. The molecule has 0 saturated carbocycles. The highest BCUT2D eigenvalue weighted by Crippen LogP contribution is 2.18. The molecule has 0 radical (unpaired) electrons. The molecule has 0 aliphatic carbocycles. The molecule has 1 aromatic rings. The lowest BCUT2D eigenvalue weighted by atomic mass is 10.1. The van der Waals surface area contributed by atoms with Crippen molar-refractivity contribution in [3.8, 4) is 0 Å². The van der Waals surface area contributed by atoms with Crippen LogP contribution in [0, 0.1) is 19.8 Å². The van der Waals surface area contributed by atoms with Crippen LogP contribution in [0.1, 0.15) is 62.9 Å². The molecule has 1 aliphatic heterocycles. The van der Waals surface area contributed by atoms with E-state index in [0.29, 0.717) is 18.2 Å². The van der Waals surface area contributed by atoms with Crippen molar-refractivity contribution in [1.29, 1.82) is 0 Å². The van der Waals surface area contributed by atoms with Crippen molar-refractivity contribution >= 4 is 5.91 Å². The van der Waals surface area contributed by atoms with E-state index in [1.807, 2.05) is 0 Å². The van der Waals surface area contributed by atoms with E-state index < -0.39 is 0 Å². The number of aromatic nitrogens is 2. The van der Waals surface area contributed by atoms with Gasteiger partial charge in [-0.1, -0.05) is 26.7 Å². The summed E-state index contributed by atoms with van der Waals surface area (Å²) >= 11 is 0. The van der Waals surface area contributed by atoms with Crippen molar-refractivity contribution in [3.63, 3.8) is 0 Å². The number of carbonyl (C=O) groups excluding carboxylic acids is 1. The van der Waals surface area contributed by atoms with Crippen molar-refractivity contribution in [2.45, 2.75) is 72.8 Å². The Balaban J connectivity index is 1.95. The molecule has 0 N–H and O–H groups in total. The molecule has 1 aliphatic rings. The molecule has 2 rings (SSSR count). The summed E-state index contributed by atoms with van der Waals surface area (Å²) in [6.45, 7) is 11.5. The van der Waals surface area contributed by atoms with Gasteiger partial charge in [-0.2, -0.15) is 5.10 Å². The summed E-state index contributed by atoms with van der Waals surface area (Å²) in [6, 6.07) is 0. The molecular formula is C18H31N3O. The molecule has 0 aromatic carbocycles. The Labute approximate surface area is 134 Å². The Morgan fingerprint density at radius 1 is 1.14 bits per heavy atom. The summed E-state index contributed by atoms with van der Waals surface area (Å²) in [5.41, 5.74) is 3.58. The monoisotopic (exact) mass is 305 g/mol. The zero-order chi connectivity index (χ0) is 16.1. The van der Waals surface area contributed by atoms with E-state index in [0.717, 1.165) is 44.6 Å². The van der Waals surface area contributed by atoms with Gasteiger partial charge in [-0.05, 0) is 44.6 Å². The smallest absolute Gasteiger partial charge is 0.222 e. The fourth-order valence-corrected chi connectivity index (χ4v) is 3.33. The SMILES string of the molecule is Cc1nn(CC(C)C)c(C)c1CCC(=O)N1CCCCCC1. The topological polar surface area (TPSA) is 38.1 Å². The minimum Gasteiger partial charge on any atom is -0.343 e. The Morgan fingerprint density at radius 2 is 1.77 bits per heavy atom. The van der Waals surface area contributed by atoms with E-state index >= 15 is 0 Å². The van der Waals surface area contributed by atoms with E-state index in [2.05, 4.69) is 42.4 Å². The zero-order valence-electron chi connectivity index (χ0n) is 14.7. The van der Waals surface area contributed by atoms with Gasteiger partial charge in [-0.3, -0.25) is 9.48 Å². The first-order chi connectivity index (χ1) is 10.5. The van der Waals surface area contributed by atoms with E-state index in [9.17, 15) is 4.79 Å². The van der Waals surface area contributed by atoms with E-state index in [1.165, 1.54) is 24.1 Å². The number of likely N-dealkylation sites (tertiary alicyclic amines) is 1. The second kappa shape index (κ2) is 7.80. The highest BCUT2D eigenvalue weighted by atomic mass is 16.2. The number of carbonyl (C=O) groups is 1. The number of rotatable bonds is 5. The lowest BCUT2D eigenvalue weighted by Gasteiger charge is -2.20. The van der Waals surface area contributed by atoms with Crippen LogP contribution in [0.4, 0.5) is 0 Å². The van der Waals surface area contributed by atoms with Gasteiger partial charge in [0, 0.05) is 31.7 Å². The first-order valence-electron chi connectivity index (χ1n) is 8.79. The number of hydrogen-bond acceptors (Lipinski definition) is 2. The van der Waals surface area contributed by atoms with Gasteiger partial charge >= 0.3 is 0 Å². The predicted molar refractivity (Wildman–Crippen MR) is 89.9 cm³/mol. The quantitative estimate of drug-likeness (QED) is 0.835. The molecule has 1 amide bonds. The highest BCUT2D eigenvalue weighted by Gasteiger charge is 2.18. The number of amides is 1. The van der Waals surface area contributed by atoms with Crippen LogP contribution in [0.5, 0.6) is 0 Å². The van der Waals surface area contributed by atoms with Gasteiger partial charge in [0.05, 0.1) is 5.69 Å². The fraction of sp³-hybridized carbons (Fsp3) is 0.778. The molecule has 2 heterocycles. The van der Waals surface area contributed by atoms with Gasteiger partial charge in [0.25, 0.3) is 0 Å². The van der Waals surface area contributed by atoms with Crippen LogP contribution in [-0.2, 0) is 17.8 Å². The third kappa shape index (κ3) is 4.34. The van der Waals surface area contributed by atoms with Crippen LogP contribution in [0.15, 0.2) is 0 Å². The van der Waals surface area contributed by atoms with Crippen molar-refractivity contribution in [2.24, 2.45) is 5.92 Å². The molecule has 0 atom stereocenters. The fourth-order valence-electron chi connectivity index (χ4n) is 3.33. The second-order valence-electron chi connectivity index (χ2n) is 7.02. The van der Waals surface area contributed by atoms with Crippen molar-refractivity contribution in [2.75, 3.05) is 13.1 Å². The zero-order valence-corrected chi connectivity index (χ0v) is 14.7. The molecule has 0 bridgehead atoms. The van der Waals surface area contributed by atoms with E-state index in [1.54, 1.807) is 0 Å². The van der Waals surface area contributed by atoms with E-state index in [-0.39, 0.29) is 0 Å².